The van der Waals surface area contributed by atoms with Gasteiger partial charge in [0.25, 0.3) is 0 Å². The lowest BCUT2D eigenvalue weighted by Crippen LogP contribution is -1.76. The maximum absolute atomic E-state index is 2.27. The zero-order valence-corrected chi connectivity index (χ0v) is 6.98. The van der Waals surface area contributed by atoms with E-state index in [4.69, 9.17) is 0 Å². The van der Waals surface area contributed by atoms with Crippen LogP contribution in [0.2, 0.25) is 0 Å². The molecule has 1 aliphatic carbocycles. The van der Waals surface area contributed by atoms with Crippen molar-refractivity contribution in [3.63, 3.8) is 0 Å². The lowest BCUT2D eigenvalue weighted by Gasteiger charge is -1.96. The van der Waals surface area contributed by atoms with Gasteiger partial charge in [-0.3, -0.25) is 0 Å². The predicted molar refractivity (Wildman–Crippen MR) is 46.0 cm³/mol. The van der Waals surface area contributed by atoms with Gasteiger partial charge in [-0.2, -0.15) is 0 Å². The highest BCUT2D eigenvalue weighted by Crippen LogP contribution is 2.27. The van der Waals surface area contributed by atoms with Gasteiger partial charge in [0, 0.05) is 0 Å². The summed E-state index contributed by atoms with van der Waals surface area (Å²) in [7, 11) is 0. The van der Waals surface area contributed by atoms with Crippen molar-refractivity contribution in [2.24, 2.45) is 0 Å². The normalized spacial score (nSPS) is 19.4. The zero-order chi connectivity index (χ0) is 7.40. The quantitative estimate of drug-likeness (QED) is 0.510. The molecule has 0 heterocycles. The summed E-state index contributed by atoms with van der Waals surface area (Å²) in [4.78, 5) is 0. The van der Waals surface area contributed by atoms with Crippen molar-refractivity contribution in [2.45, 2.75) is 39.5 Å². The fraction of sp³-hybridized carbons (Fsp3) is 0.600. The van der Waals surface area contributed by atoms with E-state index in [1.165, 1.54) is 25.7 Å². The molecule has 0 aliphatic heterocycles. The first kappa shape index (κ1) is 7.59. The average Bonchev–Trinajstić information content (AvgIpc) is 2.31. The summed E-state index contributed by atoms with van der Waals surface area (Å²) < 4.78 is 0. The van der Waals surface area contributed by atoms with E-state index >= 15 is 0 Å². The molecule has 0 N–H and O–H groups in total. The molecule has 0 spiro atoms. The van der Waals surface area contributed by atoms with E-state index in [1.54, 1.807) is 11.1 Å². The van der Waals surface area contributed by atoms with E-state index in [1.807, 2.05) is 0 Å². The highest BCUT2D eigenvalue weighted by Gasteiger charge is 2.07. The topological polar surface area (TPSA) is 0 Å². The molecule has 0 nitrogen and oxygen atoms in total. The highest BCUT2D eigenvalue weighted by molar-refractivity contribution is 5.19. The van der Waals surface area contributed by atoms with Crippen LogP contribution in [0.4, 0.5) is 0 Å². The third kappa shape index (κ3) is 1.73. The Labute approximate surface area is 63.6 Å². The van der Waals surface area contributed by atoms with E-state index in [-0.39, 0.29) is 0 Å². The summed E-state index contributed by atoms with van der Waals surface area (Å²) in [5.41, 5.74) is 3.32. The monoisotopic (exact) mass is 136 g/mol. The standard InChI is InChI=1S/C10H16/c1-3-4-7-10-8-5-6-9(10)2/h3-4H,5-8H2,1-2H3/b4-3+. The van der Waals surface area contributed by atoms with Gasteiger partial charge in [0.2, 0.25) is 0 Å². The summed E-state index contributed by atoms with van der Waals surface area (Å²) in [6.07, 6.45) is 9.66. The zero-order valence-electron chi connectivity index (χ0n) is 6.98. The van der Waals surface area contributed by atoms with Crippen LogP contribution in [-0.2, 0) is 0 Å². The van der Waals surface area contributed by atoms with Gasteiger partial charge in [-0.05, 0) is 39.5 Å². The van der Waals surface area contributed by atoms with Gasteiger partial charge in [0.15, 0.2) is 0 Å². The number of hydrogen-bond donors (Lipinski definition) is 0. The van der Waals surface area contributed by atoms with E-state index in [2.05, 4.69) is 26.0 Å². The van der Waals surface area contributed by atoms with Crippen molar-refractivity contribution in [1.82, 2.24) is 0 Å². The minimum atomic E-state index is 1.20. The highest BCUT2D eigenvalue weighted by atomic mass is 14.1. The molecule has 0 unspecified atom stereocenters. The van der Waals surface area contributed by atoms with Gasteiger partial charge >= 0.3 is 0 Å². The molecule has 0 aromatic heterocycles. The average molecular weight is 136 g/mol. The van der Waals surface area contributed by atoms with Crippen LogP contribution in [0.1, 0.15) is 39.5 Å². The van der Waals surface area contributed by atoms with Crippen molar-refractivity contribution < 1.29 is 0 Å². The van der Waals surface area contributed by atoms with E-state index in [9.17, 15) is 0 Å². The molecule has 1 rings (SSSR count). The van der Waals surface area contributed by atoms with Crippen molar-refractivity contribution in [2.75, 3.05) is 0 Å². The van der Waals surface area contributed by atoms with Crippen LogP contribution < -0.4 is 0 Å². The Kier molecular flexibility index (Phi) is 2.73. The number of hydrogen-bond acceptors (Lipinski definition) is 0. The number of rotatable bonds is 2. The minimum Gasteiger partial charge on any atom is -0.0913 e. The minimum absolute atomic E-state index is 1.20. The van der Waals surface area contributed by atoms with Crippen LogP contribution >= 0.6 is 0 Å². The molecule has 0 amide bonds. The van der Waals surface area contributed by atoms with Gasteiger partial charge < -0.3 is 0 Å². The summed E-state index contributed by atoms with van der Waals surface area (Å²) >= 11 is 0. The van der Waals surface area contributed by atoms with Crippen LogP contribution in [0.15, 0.2) is 23.3 Å². The fourth-order valence-corrected chi connectivity index (χ4v) is 1.49. The molecule has 0 heteroatoms. The van der Waals surface area contributed by atoms with Gasteiger partial charge in [0.1, 0.15) is 0 Å². The van der Waals surface area contributed by atoms with Crippen LogP contribution in [0.5, 0.6) is 0 Å². The number of allylic oxidation sites excluding steroid dienone is 4. The molecule has 0 radical (unpaired) electrons. The molecular formula is C10H16. The second-order valence-corrected chi connectivity index (χ2v) is 3.01. The third-order valence-electron chi connectivity index (χ3n) is 2.23. The molecule has 1 aliphatic rings. The third-order valence-corrected chi connectivity index (χ3v) is 2.23. The molecule has 0 aromatic carbocycles. The molecule has 0 fully saturated rings. The largest absolute Gasteiger partial charge is 0.0913 e. The van der Waals surface area contributed by atoms with Crippen molar-refractivity contribution in [3.8, 4) is 0 Å². The summed E-state index contributed by atoms with van der Waals surface area (Å²) in [6.45, 7) is 4.36. The molecule has 0 aromatic rings. The van der Waals surface area contributed by atoms with Gasteiger partial charge in [-0.25, -0.2) is 0 Å². The molecule has 0 atom stereocenters. The Balaban J connectivity index is 2.46. The van der Waals surface area contributed by atoms with Crippen LogP contribution in [0.25, 0.3) is 0 Å². The maximum Gasteiger partial charge on any atom is -0.0136 e. The Morgan fingerprint density at radius 3 is 2.70 bits per heavy atom. The molecule has 0 saturated heterocycles. The lowest BCUT2D eigenvalue weighted by atomic mass is 10.1. The Morgan fingerprint density at radius 2 is 2.20 bits per heavy atom. The van der Waals surface area contributed by atoms with Crippen molar-refractivity contribution >= 4 is 0 Å². The summed E-state index contributed by atoms with van der Waals surface area (Å²) in [5.74, 6) is 0. The Hall–Kier alpha value is -0.520. The maximum atomic E-state index is 2.27. The van der Waals surface area contributed by atoms with Crippen LogP contribution in [-0.4, -0.2) is 0 Å². The summed E-state index contributed by atoms with van der Waals surface area (Å²) in [6, 6.07) is 0. The van der Waals surface area contributed by atoms with Gasteiger partial charge in [-0.1, -0.05) is 23.3 Å². The molecule has 56 valence electrons. The Bertz CT molecular complexity index is 161. The van der Waals surface area contributed by atoms with E-state index in [0.29, 0.717) is 0 Å². The molecular weight excluding hydrogens is 120 g/mol. The van der Waals surface area contributed by atoms with E-state index < -0.39 is 0 Å². The van der Waals surface area contributed by atoms with Crippen molar-refractivity contribution in [1.29, 1.82) is 0 Å². The first-order valence-electron chi connectivity index (χ1n) is 4.13. The molecule has 10 heavy (non-hydrogen) atoms. The van der Waals surface area contributed by atoms with Crippen molar-refractivity contribution in [3.05, 3.63) is 23.3 Å². The first-order valence-corrected chi connectivity index (χ1v) is 4.13. The Morgan fingerprint density at radius 1 is 1.40 bits per heavy atom. The summed E-state index contributed by atoms with van der Waals surface area (Å²) in [5, 5.41) is 0. The second-order valence-electron chi connectivity index (χ2n) is 3.01. The van der Waals surface area contributed by atoms with Gasteiger partial charge in [0.05, 0.1) is 0 Å². The fourth-order valence-electron chi connectivity index (χ4n) is 1.49. The molecule has 0 bridgehead atoms. The lowest BCUT2D eigenvalue weighted by molar-refractivity contribution is 0.884. The molecule has 0 saturated carbocycles. The van der Waals surface area contributed by atoms with Crippen LogP contribution in [0, 0.1) is 0 Å². The van der Waals surface area contributed by atoms with E-state index in [0.717, 1.165) is 0 Å². The predicted octanol–water partition coefficient (Wildman–Crippen LogP) is 3.45. The smallest absolute Gasteiger partial charge is 0.0136 e. The second kappa shape index (κ2) is 3.60. The SMILES string of the molecule is C/C=C/CC1=C(C)CCC1. The van der Waals surface area contributed by atoms with Gasteiger partial charge in [-0.15, -0.1) is 0 Å². The van der Waals surface area contributed by atoms with Crippen LogP contribution in [0.3, 0.4) is 0 Å². The first-order chi connectivity index (χ1) is 4.84.